The zero-order valence-corrected chi connectivity index (χ0v) is 16.3. The first-order valence-electron chi connectivity index (χ1n) is 9.87. The number of hydrogen-bond acceptors (Lipinski definition) is 6. The standard InChI is InChI=1S/C21H25N5O3/c27-16-24-5-7-25(8-6-24)18-13-17(14-22-15-18)21(28)23-19-3-1-2-4-20(19)26-9-11-29-12-10-26/h1-4,13-16H,5-12H2,(H,23,28). The molecular formula is C21H25N5O3. The highest BCUT2D eigenvalue weighted by molar-refractivity contribution is 6.06. The number of ether oxygens (including phenoxy) is 1. The molecule has 0 aliphatic carbocycles. The molecule has 0 atom stereocenters. The number of nitrogens with one attached hydrogen (secondary N) is 1. The van der Waals surface area contributed by atoms with Crippen LogP contribution in [0, 0.1) is 0 Å². The van der Waals surface area contributed by atoms with Gasteiger partial charge in [0.15, 0.2) is 0 Å². The van der Waals surface area contributed by atoms with Gasteiger partial charge < -0.3 is 24.8 Å². The van der Waals surface area contributed by atoms with Gasteiger partial charge in [-0.1, -0.05) is 12.1 Å². The van der Waals surface area contributed by atoms with E-state index in [0.29, 0.717) is 31.9 Å². The maximum absolute atomic E-state index is 12.9. The number of para-hydroxylation sites is 2. The lowest BCUT2D eigenvalue weighted by Gasteiger charge is -2.34. The van der Waals surface area contributed by atoms with Crippen molar-refractivity contribution in [3.63, 3.8) is 0 Å². The summed E-state index contributed by atoms with van der Waals surface area (Å²) < 4.78 is 5.43. The lowest BCUT2D eigenvalue weighted by molar-refractivity contribution is -0.118. The van der Waals surface area contributed by atoms with Crippen molar-refractivity contribution in [2.45, 2.75) is 0 Å². The van der Waals surface area contributed by atoms with Crippen LogP contribution in [0.1, 0.15) is 10.4 Å². The number of nitrogens with zero attached hydrogens (tertiary/aromatic N) is 4. The molecular weight excluding hydrogens is 370 g/mol. The lowest BCUT2D eigenvalue weighted by Crippen LogP contribution is -2.45. The summed E-state index contributed by atoms with van der Waals surface area (Å²) in [6, 6.07) is 9.68. The molecule has 0 unspecified atom stereocenters. The van der Waals surface area contributed by atoms with E-state index in [-0.39, 0.29) is 5.91 Å². The van der Waals surface area contributed by atoms with E-state index in [4.69, 9.17) is 4.74 Å². The summed E-state index contributed by atoms with van der Waals surface area (Å²) in [5.41, 5.74) is 3.18. The molecule has 152 valence electrons. The Kier molecular flexibility index (Phi) is 5.90. The van der Waals surface area contributed by atoms with Crippen LogP contribution in [0.25, 0.3) is 0 Å². The highest BCUT2D eigenvalue weighted by atomic mass is 16.5. The van der Waals surface area contributed by atoms with Gasteiger partial charge in [0.2, 0.25) is 6.41 Å². The predicted octanol–water partition coefficient (Wildman–Crippen LogP) is 1.45. The van der Waals surface area contributed by atoms with Crippen molar-refractivity contribution >= 4 is 29.4 Å². The Bertz CT molecular complexity index is 861. The number of rotatable bonds is 5. The van der Waals surface area contributed by atoms with Crippen molar-refractivity contribution in [3.05, 3.63) is 48.3 Å². The lowest BCUT2D eigenvalue weighted by atomic mass is 10.2. The molecule has 2 aromatic rings. The van der Waals surface area contributed by atoms with Gasteiger partial charge in [0.05, 0.1) is 42.0 Å². The molecule has 2 amide bonds. The third-order valence-corrected chi connectivity index (χ3v) is 5.32. The molecule has 2 fully saturated rings. The first-order chi connectivity index (χ1) is 14.2. The number of carbonyl (C=O) groups is 2. The fourth-order valence-electron chi connectivity index (χ4n) is 3.66. The SMILES string of the molecule is O=CN1CCN(c2cncc(C(=O)Nc3ccccc3N3CCOCC3)c2)CC1. The second kappa shape index (κ2) is 8.91. The van der Waals surface area contributed by atoms with Crippen LogP contribution in [-0.2, 0) is 9.53 Å². The van der Waals surface area contributed by atoms with Gasteiger partial charge in [-0.2, -0.15) is 0 Å². The zero-order valence-electron chi connectivity index (χ0n) is 16.3. The van der Waals surface area contributed by atoms with Crippen molar-refractivity contribution in [1.82, 2.24) is 9.88 Å². The number of pyridine rings is 1. The van der Waals surface area contributed by atoms with Crippen molar-refractivity contribution in [2.24, 2.45) is 0 Å². The number of aromatic nitrogens is 1. The van der Waals surface area contributed by atoms with Gasteiger partial charge in [-0.05, 0) is 18.2 Å². The average Bonchev–Trinajstić information content (AvgIpc) is 2.80. The van der Waals surface area contributed by atoms with Gasteiger partial charge in [-0.15, -0.1) is 0 Å². The molecule has 2 aliphatic heterocycles. The number of morpholine rings is 1. The molecule has 8 heteroatoms. The van der Waals surface area contributed by atoms with E-state index >= 15 is 0 Å². The van der Waals surface area contributed by atoms with Crippen LogP contribution < -0.4 is 15.1 Å². The Morgan fingerprint density at radius 3 is 2.52 bits per heavy atom. The molecule has 1 aromatic carbocycles. The molecule has 3 heterocycles. The van der Waals surface area contributed by atoms with Crippen molar-refractivity contribution in [3.8, 4) is 0 Å². The first-order valence-corrected chi connectivity index (χ1v) is 9.87. The molecule has 1 aromatic heterocycles. The number of piperazine rings is 1. The number of carbonyl (C=O) groups excluding carboxylic acids is 2. The number of anilines is 3. The van der Waals surface area contributed by atoms with Crippen molar-refractivity contribution in [1.29, 1.82) is 0 Å². The molecule has 2 aliphatic rings. The summed E-state index contributed by atoms with van der Waals surface area (Å²) in [6.45, 7) is 5.78. The normalized spacial score (nSPS) is 17.2. The van der Waals surface area contributed by atoms with Gasteiger partial charge in [0, 0.05) is 45.5 Å². The maximum Gasteiger partial charge on any atom is 0.257 e. The summed E-state index contributed by atoms with van der Waals surface area (Å²) in [4.78, 5) is 34.2. The van der Waals surface area contributed by atoms with Crippen LogP contribution in [0.2, 0.25) is 0 Å². The summed E-state index contributed by atoms with van der Waals surface area (Å²) in [5, 5.41) is 3.04. The Balaban J connectivity index is 1.48. The molecule has 0 spiro atoms. The van der Waals surface area contributed by atoms with Crippen LogP contribution >= 0.6 is 0 Å². The van der Waals surface area contributed by atoms with Gasteiger partial charge >= 0.3 is 0 Å². The number of hydrogen-bond donors (Lipinski definition) is 1. The topological polar surface area (TPSA) is 78.0 Å². The highest BCUT2D eigenvalue weighted by Crippen LogP contribution is 2.27. The van der Waals surface area contributed by atoms with E-state index in [1.807, 2.05) is 30.3 Å². The fourth-order valence-corrected chi connectivity index (χ4v) is 3.66. The van der Waals surface area contributed by atoms with Crippen LogP contribution in [0.5, 0.6) is 0 Å². The predicted molar refractivity (Wildman–Crippen MR) is 112 cm³/mol. The Labute approximate surface area is 170 Å². The van der Waals surface area contributed by atoms with Crippen molar-refractivity contribution < 1.29 is 14.3 Å². The van der Waals surface area contributed by atoms with E-state index in [1.165, 1.54) is 0 Å². The Hall–Kier alpha value is -3.13. The monoisotopic (exact) mass is 395 g/mol. The number of benzene rings is 1. The molecule has 8 nitrogen and oxygen atoms in total. The zero-order chi connectivity index (χ0) is 20.1. The molecule has 2 saturated heterocycles. The van der Waals surface area contributed by atoms with E-state index in [1.54, 1.807) is 17.3 Å². The molecule has 4 rings (SSSR count). The van der Waals surface area contributed by atoms with Crippen molar-refractivity contribution in [2.75, 3.05) is 67.6 Å². The smallest absolute Gasteiger partial charge is 0.257 e. The van der Waals surface area contributed by atoms with Gasteiger partial charge in [0.1, 0.15) is 0 Å². The molecule has 0 radical (unpaired) electrons. The third kappa shape index (κ3) is 4.48. The molecule has 0 bridgehead atoms. The minimum Gasteiger partial charge on any atom is -0.378 e. The summed E-state index contributed by atoms with van der Waals surface area (Å²) in [6.07, 6.45) is 4.22. The van der Waals surface area contributed by atoms with Gasteiger partial charge in [0.25, 0.3) is 5.91 Å². The maximum atomic E-state index is 12.9. The Morgan fingerprint density at radius 1 is 1.00 bits per heavy atom. The van der Waals surface area contributed by atoms with Gasteiger partial charge in [-0.3, -0.25) is 14.6 Å². The second-order valence-corrected chi connectivity index (χ2v) is 7.13. The quantitative estimate of drug-likeness (QED) is 0.772. The number of amides is 2. The molecule has 29 heavy (non-hydrogen) atoms. The second-order valence-electron chi connectivity index (χ2n) is 7.13. The third-order valence-electron chi connectivity index (χ3n) is 5.32. The van der Waals surface area contributed by atoms with Crippen LogP contribution in [0.15, 0.2) is 42.7 Å². The molecule has 0 saturated carbocycles. The van der Waals surface area contributed by atoms with E-state index in [9.17, 15) is 9.59 Å². The van der Waals surface area contributed by atoms with Crippen LogP contribution in [0.3, 0.4) is 0 Å². The van der Waals surface area contributed by atoms with E-state index in [2.05, 4.69) is 20.1 Å². The summed E-state index contributed by atoms with van der Waals surface area (Å²) >= 11 is 0. The first kappa shape index (κ1) is 19.2. The molecule has 1 N–H and O–H groups in total. The fraction of sp³-hybridized carbons (Fsp3) is 0.381. The van der Waals surface area contributed by atoms with Gasteiger partial charge in [-0.25, -0.2) is 0 Å². The highest BCUT2D eigenvalue weighted by Gasteiger charge is 2.19. The van der Waals surface area contributed by atoms with E-state index in [0.717, 1.165) is 49.7 Å². The summed E-state index contributed by atoms with van der Waals surface area (Å²) in [7, 11) is 0. The van der Waals surface area contributed by atoms with Crippen LogP contribution in [-0.4, -0.2) is 74.7 Å². The van der Waals surface area contributed by atoms with Crippen LogP contribution in [0.4, 0.5) is 17.1 Å². The summed E-state index contributed by atoms with van der Waals surface area (Å²) in [5.74, 6) is -0.188. The van der Waals surface area contributed by atoms with E-state index < -0.39 is 0 Å². The minimum atomic E-state index is -0.188. The average molecular weight is 395 g/mol. The minimum absolute atomic E-state index is 0.188. The Morgan fingerprint density at radius 2 is 1.76 bits per heavy atom. The largest absolute Gasteiger partial charge is 0.378 e.